The van der Waals surface area contributed by atoms with Crippen molar-refractivity contribution in [3.05, 3.63) is 76.6 Å². The van der Waals surface area contributed by atoms with E-state index >= 15 is 0 Å². The van der Waals surface area contributed by atoms with Gasteiger partial charge in [0.1, 0.15) is 0 Å². The van der Waals surface area contributed by atoms with Crippen LogP contribution in [0.25, 0.3) is 17.5 Å². The van der Waals surface area contributed by atoms with Gasteiger partial charge in [-0.2, -0.15) is 10.2 Å². The molecule has 0 aliphatic heterocycles. The first-order chi connectivity index (χ1) is 12.6. The second kappa shape index (κ2) is 8.10. The normalized spacial score (nSPS) is 10.6. The molecule has 1 heterocycles. The SMILES string of the molecule is N#Cc1ccc(/C=C/C(=O)OCc2nc(-c3ccc(Cl)cc3)no2)cc1. The van der Waals surface area contributed by atoms with Crippen LogP contribution in [0.3, 0.4) is 0 Å². The van der Waals surface area contributed by atoms with Crippen molar-refractivity contribution in [1.82, 2.24) is 10.1 Å². The maximum absolute atomic E-state index is 11.8. The van der Waals surface area contributed by atoms with Crippen LogP contribution in [-0.2, 0) is 16.1 Å². The second-order valence-corrected chi connectivity index (χ2v) is 5.63. The largest absolute Gasteiger partial charge is 0.452 e. The maximum Gasteiger partial charge on any atom is 0.331 e. The van der Waals surface area contributed by atoms with Gasteiger partial charge in [0.05, 0.1) is 11.6 Å². The molecule has 1 aromatic heterocycles. The number of nitriles is 1. The Bertz CT molecular complexity index is 971. The minimum atomic E-state index is -0.541. The van der Waals surface area contributed by atoms with Crippen molar-refractivity contribution in [2.45, 2.75) is 6.61 Å². The van der Waals surface area contributed by atoms with Crippen molar-refractivity contribution in [3.8, 4) is 17.5 Å². The van der Waals surface area contributed by atoms with Gasteiger partial charge in [0.25, 0.3) is 5.89 Å². The molecule has 0 amide bonds. The smallest absolute Gasteiger partial charge is 0.331 e. The Hall–Kier alpha value is -3.43. The fourth-order valence-corrected chi connectivity index (χ4v) is 2.17. The fourth-order valence-electron chi connectivity index (χ4n) is 2.04. The van der Waals surface area contributed by atoms with Crippen LogP contribution in [0.5, 0.6) is 0 Å². The number of halogens is 1. The van der Waals surface area contributed by atoms with Crippen molar-refractivity contribution >= 4 is 23.6 Å². The topological polar surface area (TPSA) is 89.0 Å². The molecule has 0 saturated heterocycles. The number of hydrogen-bond donors (Lipinski definition) is 0. The molecule has 26 heavy (non-hydrogen) atoms. The standard InChI is InChI=1S/C19H12ClN3O3/c20-16-8-6-15(7-9-16)19-22-17(26-23-19)12-25-18(24)10-5-13-1-3-14(11-21)4-2-13/h1-10H,12H2/b10-5+. The summed E-state index contributed by atoms with van der Waals surface area (Å²) in [6.45, 7) is -0.128. The molecule has 0 radical (unpaired) electrons. The number of ether oxygens (including phenoxy) is 1. The predicted octanol–water partition coefficient (Wildman–Crippen LogP) is 4.02. The lowest BCUT2D eigenvalue weighted by Crippen LogP contribution is -2.00. The molecule has 0 spiro atoms. The number of aromatic nitrogens is 2. The van der Waals surface area contributed by atoms with Gasteiger partial charge < -0.3 is 9.26 Å². The highest BCUT2D eigenvalue weighted by Crippen LogP contribution is 2.18. The van der Waals surface area contributed by atoms with Crippen LogP contribution in [0.2, 0.25) is 5.02 Å². The molecule has 3 aromatic rings. The zero-order chi connectivity index (χ0) is 18.4. The van der Waals surface area contributed by atoms with E-state index in [0.29, 0.717) is 16.4 Å². The van der Waals surface area contributed by atoms with Crippen molar-refractivity contribution < 1.29 is 14.1 Å². The van der Waals surface area contributed by atoms with Gasteiger partial charge in [-0.15, -0.1) is 0 Å². The van der Waals surface area contributed by atoms with Gasteiger partial charge in [0.2, 0.25) is 5.82 Å². The fraction of sp³-hybridized carbons (Fsp3) is 0.0526. The van der Waals surface area contributed by atoms with Crippen molar-refractivity contribution in [2.75, 3.05) is 0 Å². The highest BCUT2D eigenvalue weighted by molar-refractivity contribution is 6.30. The van der Waals surface area contributed by atoms with E-state index in [1.807, 2.05) is 6.07 Å². The maximum atomic E-state index is 11.8. The van der Waals surface area contributed by atoms with Gasteiger partial charge in [-0.3, -0.25) is 0 Å². The van der Waals surface area contributed by atoms with Gasteiger partial charge in [-0.25, -0.2) is 4.79 Å². The molecule has 6 nitrogen and oxygen atoms in total. The summed E-state index contributed by atoms with van der Waals surface area (Å²) in [5.74, 6) is 0.0384. The Morgan fingerprint density at radius 3 is 2.62 bits per heavy atom. The van der Waals surface area contributed by atoms with E-state index in [0.717, 1.165) is 11.1 Å². The quantitative estimate of drug-likeness (QED) is 0.501. The Morgan fingerprint density at radius 2 is 1.92 bits per heavy atom. The van der Waals surface area contributed by atoms with E-state index in [4.69, 9.17) is 26.1 Å². The van der Waals surface area contributed by atoms with E-state index < -0.39 is 5.97 Å². The van der Waals surface area contributed by atoms with E-state index in [9.17, 15) is 4.79 Å². The molecule has 0 N–H and O–H groups in total. The zero-order valence-corrected chi connectivity index (χ0v) is 14.2. The third kappa shape index (κ3) is 4.56. The van der Waals surface area contributed by atoms with Gasteiger partial charge in [-0.1, -0.05) is 28.9 Å². The third-order valence-electron chi connectivity index (χ3n) is 3.36. The average Bonchev–Trinajstić information content (AvgIpc) is 3.14. The first-order valence-corrected chi connectivity index (χ1v) is 7.95. The molecule has 128 valence electrons. The van der Waals surface area contributed by atoms with Gasteiger partial charge in [-0.05, 0) is 48.0 Å². The Morgan fingerprint density at radius 1 is 1.19 bits per heavy atom. The zero-order valence-electron chi connectivity index (χ0n) is 13.4. The Labute approximate surface area is 154 Å². The van der Waals surface area contributed by atoms with Crippen LogP contribution in [0, 0.1) is 11.3 Å². The van der Waals surface area contributed by atoms with E-state index in [1.165, 1.54) is 6.08 Å². The number of benzene rings is 2. The molecule has 0 fully saturated rings. The van der Waals surface area contributed by atoms with E-state index in [1.54, 1.807) is 54.6 Å². The summed E-state index contributed by atoms with van der Waals surface area (Å²) < 4.78 is 10.1. The summed E-state index contributed by atoms with van der Waals surface area (Å²) in [5.41, 5.74) is 2.08. The number of rotatable bonds is 5. The molecular weight excluding hydrogens is 354 g/mol. The lowest BCUT2D eigenvalue weighted by Gasteiger charge is -1.97. The number of esters is 1. The molecule has 0 bridgehead atoms. The molecule has 3 rings (SSSR count). The Balaban J connectivity index is 1.55. The first kappa shape index (κ1) is 17.4. The third-order valence-corrected chi connectivity index (χ3v) is 3.61. The molecule has 0 atom stereocenters. The molecule has 7 heteroatoms. The van der Waals surface area contributed by atoms with Crippen LogP contribution in [0.4, 0.5) is 0 Å². The van der Waals surface area contributed by atoms with Gasteiger partial charge in [0, 0.05) is 16.7 Å². The van der Waals surface area contributed by atoms with Gasteiger partial charge >= 0.3 is 5.97 Å². The van der Waals surface area contributed by atoms with Crippen molar-refractivity contribution in [2.24, 2.45) is 0 Å². The molecule has 0 aliphatic carbocycles. The summed E-state index contributed by atoms with van der Waals surface area (Å²) in [5, 5.41) is 13.2. The molecule has 0 saturated carbocycles. The lowest BCUT2D eigenvalue weighted by molar-refractivity contribution is -0.139. The minimum absolute atomic E-state index is 0.128. The second-order valence-electron chi connectivity index (χ2n) is 5.19. The molecular formula is C19H12ClN3O3. The van der Waals surface area contributed by atoms with Crippen LogP contribution in [-0.4, -0.2) is 16.1 Å². The number of carbonyl (C=O) groups excluding carboxylic acids is 1. The summed E-state index contributed by atoms with van der Waals surface area (Å²) in [6.07, 6.45) is 2.88. The predicted molar refractivity (Wildman–Crippen MR) is 94.7 cm³/mol. The minimum Gasteiger partial charge on any atom is -0.452 e. The monoisotopic (exact) mass is 365 g/mol. The summed E-state index contributed by atoms with van der Waals surface area (Å²) in [4.78, 5) is 15.9. The average molecular weight is 366 g/mol. The summed E-state index contributed by atoms with van der Waals surface area (Å²) in [7, 11) is 0. The van der Waals surface area contributed by atoms with Crippen LogP contribution >= 0.6 is 11.6 Å². The van der Waals surface area contributed by atoms with E-state index in [-0.39, 0.29) is 12.5 Å². The number of nitrogens with zero attached hydrogens (tertiary/aromatic N) is 3. The number of carbonyl (C=O) groups is 1. The van der Waals surface area contributed by atoms with Crippen molar-refractivity contribution in [3.63, 3.8) is 0 Å². The van der Waals surface area contributed by atoms with Crippen LogP contribution in [0.1, 0.15) is 17.0 Å². The summed E-state index contributed by atoms with van der Waals surface area (Å²) in [6, 6.07) is 15.8. The highest BCUT2D eigenvalue weighted by Gasteiger charge is 2.10. The van der Waals surface area contributed by atoms with Gasteiger partial charge in [0.15, 0.2) is 6.61 Å². The highest BCUT2D eigenvalue weighted by atomic mass is 35.5. The van der Waals surface area contributed by atoms with E-state index in [2.05, 4.69) is 10.1 Å². The molecule has 0 unspecified atom stereocenters. The lowest BCUT2D eigenvalue weighted by atomic mass is 10.1. The van der Waals surface area contributed by atoms with Crippen LogP contribution in [0.15, 0.2) is 59.1 Å². The number of hydrogen-bond acceptors (Lipinski definition) is 6. The molecule has 0 aliphatic rings. The van der Waals surface area contributed by atoms with Crippen molar-refractivity contribution in [1.29, 1.82) is 5.26 Å². The van der Waals surface area contributed by atoms with Crippen LogP contribution < -0.4 is 0 Å². The Kier molecular flexibility index (Phi) is 5.42. The summed E-state index contributed by atoms with van der Waals surface area (Å²) >= 11 is 5.84. The molecule has 2 aromatic carbocycles. The first-order valence-electron chi connectivity index (χ1n) is 7.57.